The molecule has 2 heterocycles. The summed E-state index contributed by atoms with van der Waals surface area (Å²) in [5.41, 5.74) is 6.89. The van der Waals surface area contributed by atoms with Crippen LogP contribution >= 0.6 is 11.8 Å². The van der Waals surface area contributed by atoms with Gasteiger partial charge in [0.2, 0.25) is 0 Å². The van der Waals surface area contributed by atoms with Gasteiger partial charge in [-0.15, -0.1) is 11.8 Å². The third-order valence-electron chi connectivity index (χ3n) is 8.32. The van der Waals surface area contributed by atoms with Gasteiger partial charge in [-0.3, -0.25) is 0 Å². The Hall–Kier alpha value is -5.16. The fourth-order valence-electron chi connectivity index (χ4n) is 6.00. The van der Waals surface area contributed by atoms with Crippen molar-refractivity contribution in [2.24, 2.45) is 0 Å². The predicted molar refractivity (Wildman–Crippen MR) is 194 cm³/mol. The number of methoxy groups -OCH3 is 2. The molecule has 0 aliphatic heterocycles. The molecule has 0 bridgehead atoms. The van der Waals surface area contributed by atoms with Gasteiger partial charge in [0.1, 0.15) is 23.6 Å². The van der Waals surface area contributed by atoms with Crippen molar-refractivity contribution in [1.29, 1.82) is 10.5 Å². The molecule has 0 aliphatic rings. The van der Waals surface area contributed by atoms with Crippen LogP contribution in [0.5, 0.6) is 11.5 Å². The monoisotopic (exact) mass is 676 g/mol. The summed E-state index contributed by atoms with van der Waals surface area (Å²) in [5.74, 6) is 1.53. The number of nitriles is 2. The number of sulfone groups is 1. The average Bonchev–Trinajstić information content (AvgIpc) is 3.62. The number of nitrogens with zero attached hydrogens (tertiary/aromatic N) is 4. The van der Waals surface area contributed by atoms with Crippen LogP contribution in [0, 0.1) is 22.7 Å². The first-order chi connectivity index (χ1) is 23.1. The van der Waals surface area contributed by atoms with E-state index in [1.54, 1.807) is 50.2 Å². The van der Waals surface area contributed by atoms with Crippen molar-refractivity contribution in [1.82, 2.24) is 9.13 Å². The van der Waals surface area contributed by atoms with Crippen LogP contribution in [0.25, 0.3) is 44.3 Å². The highest BCUT2D eigenvalue weighted by Gasteiger charge is 2.20. The second-order valence-corrected chi connectivity index (χ2v) is 13.8. The fraction of sp³-hybridized carbons (Fsp3) is 0.211. The number of benzene rings is 4. The summed E-state index contributed by atoms with van der Waals surface area (Å²) < 4.78 is 38.2. The Kier molecular flexibility index (Phi) is 10.2. The van der Waals surface area contributed by atoms with Gasteiger partial charge < -0.3 is 18.6 Å². The molecule has 0 unspecified atom stereocenters. The molecule has 0 spiro atoms. The molecule has 10 heteroatoms. The Bertz CT molecular complexity index is 2310. The molecule has 0 fully saturated rings. The Labute approximate surface area is 285 Å². The summed E-state index contributed by atoms with van der Waals surface area (Å²) in [6, 6.07) is 31.2. The number of hydrogen-bond donors (Lipinski definition) is 0. The van der Waals surface area contributed by atoms with E-state index in [4.69, 9.17) is 9.47 Å². The van der Waals surface area contributed by atoms with Gasteiger partial charge in [-0.25, -0.2) is 8.42 Å². The molecule has 0 aliphatic carbocycles. The Morgan fingerprint density at radius 1 is 0.688 bits per heavy atom. The van der Waals surface area contributed by atoms with Crippen LogP contribution < -0.4 is 9.47 Å². The zero-order chi connectivity index (χ0) is 34.6. The number of fused-ring (bicyclic) bond motifs is 2. The molecule has 0 saturated carbocycles. The second-order valence-electron chi connectivity index (χ2n) is 11.0. The van der Waals surface area contributed by atoms with Crippen molar-refractivity contribution in [3.05, 3.63) is 96.1 Å². The van der Waals surface area contributed by atoms with E-state index >= 15 is 0 Å². The Morgan fingerprint density at radius 2 is 1.10 bits per heavy atom. The van der Waals surface area contributed by atoms with Gasteiger partial charge in [0.25, 0.3) is 0 Å². The molecule has 6 aromatic rings. The lowest BCUT2D eigenvalue weighted by Gasteiger charge is -2.09. The van der Waals surface area contributed by atoms with Crippen LogP contribution in [0.15, 0.2) is 94.7 Å². The number of thioether (sulfide) groups is 1. The first-order valence-corrected chi connectivity index (χ1v) is 18.4. The van der Waals surface area contributed by atoms with Gasteiger partial charge in [-0.2, -0.15) is 10.5 Å². The SMILES string of the molecule is CCn1c(-c2ccc(S(C)(=O)=O)cc2)c(C#N)c2ccc(OC)cc21.CCn1c(-c2ccc(SC)cc2)c(C#N)c2ccc(OC)cc21. The van der Waals surface area contributed by atoms with E-state index in [-0.39, 0.29) is 4.90 Å². The van der Waals surface area contributed by atoms with Gasteiger partial charge >= 0.3 is 0 Å². The summed E-state index contributed by atoms with van der Waals surface area (Å²) >= 11 is 1.71. The van der Waals surface area contributed by atoms with Gasteiger partial charge in [0.05, 0.1) is 52.7 Å². The van der Waals surface area contributed by atoms with Crippen LogP contribution in [-0.4, -0.2) is 44.3 Å². The van der Waals surface area contributed by atoms with Gasteiger partial charge in [0.15, 0.2) is 9.84 Å². The fourth-order valence-corrected chi connectivity index (χ4v) is 7.04. The number of aryl methyl sites for hydroxylation is 2. The molecule has 0 amide bonds. The van der Waals surface area contributed by atoms with Crippen molar-refractivity contribution in [2.75, 3.05) is 26.7 Å². The second kappa shape index (κ2) is 14.3. The highest BCUT2D eigenvalue weighted by atomic mass is 32.2. The maximum atomic E-state index is 11.7. The zero-order valence-electron chi connectivity index (χ0n) is 27.7. The van der Waals surface area contributed by atoms with E-state index < -0.39 is 9.84 Å². The quantitative estimate of drug-likeness (QED) is 0.149. The highest BCUT2D eigenvalue weighted by Crippen LogP contribution is 2.37. The standard InChI is InChI=1S/C19H18N2O3S.C19H18N2OS/c1-4-21-18-11-14(24-2)7-10-16(18)17(12-20)19(21)13-5-8-15(9-6-13)25(3,22)23;1-4-21-18-11-14(22-2)7-10-16(18)17(12-20)19(21)13-5-8-15(23-3)9-6-13/h5-11H,4H2,1-3H3;5-11H,4H2,1-3H3. The average molecular weight is 677 g/mol. The van der Waals surface area contributed by atoms with E-state index in [2.05, 4.69) is 54.2 Å². The summed E-state index contributed by atoms with van der Waals surface area (Å²) in [6.45, 7) is 5.58. The smallest absolute Gasteiger partial charge is 0.175 e. The Balaban J connectivity index is 0.000000188. The first kappa shape index (κ1) is 34.2. The maximum absolute atomic E-state index is 11.7. The molecule has 6 rings (SSSR count). The minimum absolute atomic E-state index is 0.260. The molecule has 0 saturated heterocycles. The summed E-state index contributed by atoms with van der Waals surface area (Å²) in [5, 5.41) is 21.2. The predicted octanol–water partition coefficient (Wildman–Crippen LogP) is 8.54. The van der Waals surface area contributed by atoms with Crippen LogP contribution in [0.4, 0.5) is 0 Å². The van der Waals surface area contributed by atoms with Crippen molar-refractivity contribution in [2.45, 2.75) is 36.7 Å². The number of aromatic nitrogens is 2. The number of ether oxygens (including phenoxy) is 2. The van der Waals surface area contributed by atoms with Gasteiger partial charge in [-0.1, -0.05) is 24.3 Å². The van der Waals surface area contributed by atoms with Crippen LogP contribution in [-0.2, 0) is 22.9 Å². The van der Waals surface area contributed by atoms with E-state index in [0.717, 1.165) is 67.9 Å². The normalized spacial score (nSPS) is 11.1. The minimum Gasteiger partial charge on any atom is -0.497 e. The van der Waals surface area contributed by atoms with E-state index in [9.17, 15) is 18.9 Å². The topological polar surface area (TPSA) is 110 Å². The van der Waals surface area contributed by atoms with Crippen molar-refractivity contribution in [3.63, 3.8) is 0 Å². The summed E-state index contributed by atoms with van der Waals surface area (Å²) in [7, 11) is 0.0128. The molecule has 48 heavy (non-hydrogen) atoms. The molecule has 4 aromatic carbocycles. The minimum atomic E-state index is -3.26. The van der Waals surface area contributed by atoms with Crippen molar-refractivity contribution >= 4 is 43.4 Å². The van der Waals surface area contributed by atoms with Crippen LogP contribution in [0.3, 0.4) is 0 Å². The van der Waals surface area contributed by atoms with E-state index in [1.165, 1.54) is 11.2 Å². The third kappa shape index (κ3) is 6.37. The number of rotatable bonds is 8. The van der Waals surface area contributed by atoms with Gasteiger partial charge in [0, 0.05) is 47.1 Å². The molecular formula is C38H36N4O4S2. The first-order valence-electron chi connectivity index (χ1n) is 15.3. The van der Waals surface area contributed by atoms with E-state index in [0.29, 0.717) is 12.1 Å². The van der Waals surface area contributed by atoms with Crippen molar-refractivity contribution in [3.8, 4) is 46.2 Å². The number of hydrogen-bond acceptors (Lipinski definition) is 7. The van der Waals surface area contributed by atoms with Crippen molar-refractivity contribution < 1.29 is 17.9 Å². The Morgan fingerprint density at radius 3 is 1.44 bits per heavy atom. The lowest BCUT2D eigenvalue weighted by molar-refractivity contribution is 0.415. The third-order valence-corrected chi connectivity index (χ3v) is 10.2. The molecule has 0 N–H and O–H groups in total. The molecule has 244 valence electrons. The highest BCUT2D eigenvalue weighted by molar-refractivity contribution is 7.98. The zero-order valence-corrected chi connectivity index (χ0v) is 29.4. The molecule has 0 atom stereocenters. The molecule has 2 aromatic heterocycles. The largest absolute Gasteiger partial charge is 0.497 e. The summed E-state index contributed by atoms with van der Waals surface area (Å²) in [4.78, 5) is 1.48. The molecular weight excluding hydrogens is 641 g/mol. The molecule has 8 nitrogen and oxygen atoms in total. The lowest BCUT2D eigenvalue weighted by Crippen LogP contribution is -1.99. The van der Waals surface area contributed by atoms with Crippen LogP contribution in [0.1, 0.15) is 25.0 Å². The molecule has 0 radical (unpaired) electrons. The lowest BCUT2D eigenvalue weighted by atomic mass is 10.1. The summed E-state index contributed by atoms with van der Waals surface area (Å²) in [6.07, 6.45) is 3.24. The maximum Gasteiger partial charge on any atom is 0.175 e. The van der Waals surface area contributed by atoms with E-state index in [1.807, 2.05) is 47.9 Å². The van der Waals surface area contributed by atoms with Gasteiger partial charge in [-0.05, 0) is 79.8 Å². The van der Waals surface area contributed by atoms with Crippen LogP contribution in [0.2, 0.25) is 0 Å².